The number of nitrogens with one attached hydrogen (secondary N) is 1. The first-order valence-electron chi connectivity index (χ1n) is 9.23. The standard InChI is InChI=1S/C20H19BrFN5O2/c1-12-24-25-26-27(12)18(10-13-2-5-15(22)6-3-13)20(28)23-17-8-9-29-19-7-4-14(21)11-16(17)19/h2-7,11,17-18H,8-10H2,1H3,(H,23,28). The Labute approximate surface area is 175 Å². The molecule has 0 spiro atoms. The summed E-state index contributed by atoms with van der Waals surface area (Å²) < 4.78 is 21.4. The lowest BCUT2D eigenvalue weighted by Crippen LogP contribution is -2.39. The van der Waals surface area contributed by atoms with E-state index in [1.165, 1.54) is 16.8 Å². The SMILES string of the molecule is Cc1nnnn1C(Cc1ccc(F)cc1)C(=O)NC1CCOc2ccc(Br)cc21. The maximum absolute atomic E-state index is 13.3. The number of hydrogen-bond acceptors (Lipinski definition) is 5. The number of aromatic nitrogens is 4. The van der Waals surface area contributed by atoms with E-state index in [0.717, 1.165) is 21.3 Å². The van der Waals surface area contributed by atoms with Gasteiger partial charge in [-0.25, -0.2) is 9.07 Å². The minimum Gasteiger partial charge on any atom is -0.493 e. The summed E-state index contributed by atoms with van der Waals surface area (Å²) in [7, 11) is 0. The molecule has 4 rings (SSSR count). The van der Waals surface area contributed by atoms with Gasteiger partial charge in [-0.1, -0.05) is 28.1 Å². The van der Waals surface area contributed by atoms with Crippen molar-refractivity contribution in [1.82, 2.24) is 25.5 Å². The second-order valence-electron chi connectivity index (χ2n) is 6.90. The third-order valence-electron chi connectivity index (χ3n) is 4.93. The molecule has 0 radical (unpaired) electrons. The maximum atomic E-state index is 13.3. The summed E-state index contributed by atoms with van der Waals surface area (Å²) in [6, 6.07) is 11.0. The third-order valence-corrected chi connectivity index (χ3v) is 5.42. The summed E-state index contributed by atoms with van der Waals surface area (Å²) >= 11 is 3.47. The third kappa shape index (κ3) is 4.29. The second-order valence-corrected chi connectivity index (χ2v) is 7.81. The summed E-state index contributed by atoms with van der Waals surface area (Å²) in [5, 5.41) is 14.7. The Morgan fingerprint density at radius 2 is 2.14 bits per heavy atom. The van der Waals surface area contributed by atoms with Crippen LogP contribution in [0.15, 0.2) is 46.9 Å². The van der Waals surface area contributed by atoms with Crippen LogP contribution in [0.1, 0.15) is 35.5 Å². The van der Waals surface area contributed by atoms with Gasteiger partial charge in [-0.2, -0.15) is 0 Å². The molecule has 2 heterocycles. The van der Waals surface area contributed by atoms with Crippen molar-refractivity contribution in [2.24, 2.45) is 0 Å². The van der Waals surface area contributed by atoms with Crippen LogP contribution in [0.3, 0.4) is 0 Å². The highest BCUT2D eigenvalue weighted by Gasteiger charge is 2.29. The minimum absolute atomic E-state index is 0.184. The number of benzene rings is 2. The number of rotatable bonds is 5. The Morgan fingerprint density at radius 1 is 1.34 bits per heavy atom. The lowest BCUT2D eigenvalue weighted by Gasteiger charge is -2.28. The maximum Gasteiger partial charge on any atom is 0.245 e. The summed E-state index contributed by atoms with van der Waals surface area (Å²) in [6.07, 6.45) is 1.000. The van der Waals surface area contributed by atoms with Crippen molar-refractivity contribution < 1.29 is 13.9 Å². The molecule has 150 valence electrons. The van der Waals surface area contributed by atoms with Crippen LogP contribution in [0.2, 0.25) is 0 Å². The van der Waals surface area contributed by atoms with Gasteiger partial charge in [0.1, 0.15) is 23.4 Å². The van der Waals surface area contributed by atoms with E-state index in [1.807, 2.05) is 18.2 Å². The van der Waals surface area contributed by atoms with E-state index < -0.39 is 6.04 Å². The number of tetrazole rings is 1. The molecular formula is C20H19BrFN5O2. The normalized spacial score (nSPS) is 16.6. The van der Waals surface area contributed by atoms with E-state index in [9.17, 15) is 9.18 Å². The molecule has 0 saturated carbocycles. The average Bonchev–Trinajstić information content (AvgIpc) is 3.13. The molecule has 0 saturated heterocycles. The van der Waals surface area contributed by atoms with E-state index in [4.69, 9.17) is 4.74 Å². The van der Waals surface area contributed by atoms with Gasteiger partial charge in [0.15, 0.2) is 0 Å². The molecule has 2 unspecified atom stereocenters. The molecule has 1 aromatic heterocycles. The van der Waals surface area contributed by atoms with Crippen molar-refractivity contribution in [1.29, 1.82) is 0 Å². The largest absolute Gasteiger partial charge is 0.493 e. The van der Waals surface area contributed by atoms with Gasteiger partial charge in [-0.15, -0.1) is 5.10 Å². The van der Waals surface area contributed by atoms with Gasteiger partial charge < -0.3 is 10.1 Å². The molecule has 9 heteroatoms. The Hall–Kier alpha value is -2.81. The number of nitrogens with zero attached hydrogens (tertiary/aromatic N) is 4. The Bertz CT molecular complexity index is 1020. The minimum atomic E-state index is -0.658. The van der Waals surface area contributed by atoms with Crippen molar-refractivity contribution in [3.05, 3.63) is 69.7 Å². The molecule has 29 heavy (non-hydrogen) atoms. The molecule has 2 atom stereocenters. The monoisotopic (exact) mass is 459 g/mol. The number of aryl methyl sites for hydroxylation is 1. The molecule has 1 amide bonds. The highest BCUT2D eigenvalue weighted by atomic mass is 79.9. The van der Waals surface area contributed by atoms with Crippen LogP contribution in [0.25, 0.3) is 0 Å². The van der Waals surface area contributed by atoms with Gasteiger partial charge in [0.05, 0.1) is 12.6 Å². The van der Waals surface area contributed by atoms with Crippen LogP contribution in [0.4, 0.5) is 4.39 Å². The smallest absolute Gasteiger partial charge is 0.245 e. The van der Waals surface area contributed by atoms with Crippen LogP contribution >= 0.6 is 15.9 Å². The van der Waals surface area contributed by atoms with E-state index in [-0.39, 0.29) is 17.8 Å². The fourth-order valence-electron chi connectivity index (χ4n) is 3.44. The van der Waals surface area contributed by atoms with Crippen LogP contribution in [0.5, 0.6) is 5.75 Å². The van der Waals surface area contributed by atoms with E-state index in [1.54, 1.807) is 19.1 Å². The number of carbonyl (C=O) groups is 1. The van der Waals surface area contributed by atoms with Gasteiger partial charge in [0.25, 0.3) is 0 Å². The lowest BCUT2D eigenvalue weighted by atomic mass is 9.99. The van der Waals surface area contributed by atoms with Crippen molar-refractivity contribution in [2.45, 2.75) is 31.8 Å². The summed E-state index contributed by atoms with van der Waals surface area (Å²) in [5.74, 6) is 0.765. The second kappa shape index (κ2) is 8.28. The van der Waals surface area contributed by atoms with E-state index in [0.29, 0.717) is 25.3 Å². The predicted molar refractivity (Wildman–Crippen MR) is 107 cm³/mol. The molecule has 7 nitrogen and oxygen atoms in total. The van der Waals surface area contributed by atoms with Gasteiger partial charge in [0.2, 0.25) is 5.91 Å². The first-order valence-corrected chi connectivity index (χ1v) is 10.0. The number of carbonyl (C=O) groups excluding carboxylic acids is 1. The summed E-state index contributed by atoms with van der Waals surface area (Å²) in [5.41, 5.74) is 1.74. The molecule has 0 fully saturated rings. The Kier molecular flexibility index (Phi) is 5.57. The molecule has 0 bridgehead atoms. The highest BCUT2D eigenvalue weighted by Crippen LogP contribution is 2.34. The number of amides is 1. The Morgan fingerprint density at radius 3 is 2.86 bits per heavy atom. The summed E-state index contributed by atoms with van der Waals surface area (Å²) in [6.45, 7) is 2.26. The van der Waals surface area contributed by atoms with Crippen LogP contribution in [-0.4, -0.2) is 32.7 Å². The number of halogens is 2. The quantitative estimate of drug-likeness (QED) is 0.632. The van der Waals surface area contributed by atoms with Crippen molar-refractivity contribution in [3.8, 4) is 5.75 Å². The average molecular weight is 460 g/mol. The number of hydrogen-bond donors (Lipinski definition) is 1. The van der Waals surface area contributed by atoms with Crippen molar-refractivity contribution >= 4 is 21.8 Å². The molecule has 1 N–H and O–H groups in total. The van der Waals surface area contributed by atoms with Crippen molar-refractivity contribution in [2.75, 3.05) is 6.61 Å². The molecule has 2 aromatic carbocycles. The fraction of sp³-hybridized carbons (Fsp3) is 0.300. The molecule has 1 aliphatic rings. The van der Waals surface area contributed by atoms with Gasteiger partial charge in [-0.05, 0) is 53.2 Å². The van der Waals surface area contributed by atoms with Crippen LogP contribution < -0.4 is 10.1 Å². The summed E-state index contributed by atoms with van der Waals surface area (Å²) in [4.78, 5) is 13.3. The van der Waals surface area contributed by atoms with E-state index >= 15 is 0 Å². The zero-order chi connectivity index (χ0) is 20.4. The van der Waals surface area contributed by atoms with Gasteiger partial charge in [-0.3, -0.25) is 4.79 Å². The van der Waals surface area contributed by atoms with Crippen LogP contribution in [-0.2, 0) is 11.2 Å². The predicted octanol–water partition coefficient (Wildman–Crippen LogP) is 3.31. The van der Waals surface area contributed by atoms with Crippen molar-refractivity contribution in [3.63, 3.8) is 0 Å². The Balaban J connectivity index is 1.60. The molecular weight excluding hydrogens is 441 g/mol. The topological polar surface area (TPSA) is 81.9 Å². The lowest BCUT2D eigenvalue weighted by molar-refractivity contribution is -0.125. The number of fused-ring (bicyclic) bond motifs is 1. The first kappa shape index (κ1) is 19.5. The zero-order valence-electron chi connectivity index (χ0n) is 15.7. The molecule has 1 aliphatic heterocycles. The van der Waals surface area contributed by atoms with Gasteiger partial charge >= 0.3 is 0 Å². The van der Waals surface area contributed by atoms with Gasteiger partial charge in [0, 0.05) is 22.9 Å². The first-order chi connectivity index (χ1) is 14.0. The molecule has 3 aromatic rings. The highest BCUT2D eigenvalue weighted by molar-refractivity contribution is 9.10. The van der Waals surface area contributed by atoms with Crippen LogP contribution in [0, 0.1) is 12.7 Å². The fourth-order valence-corrected chi connectivity index (χ4v) is 3.82. The van der Waals surface area contributed by atoms with E-state index in [2.05, 4.69) is 36.8 Å². The number of ether oxygens (including phenoxy) is 1. The zero-order valence-corrected chi connectivity index (χ0v) is 17.3. The molecule has 0 aliphatic carbocycles.